The maximum absolute atomic E-state index is 11.9. The van der Waals surface area contributed by atoms with Gasteiger partial charge in [-0.05, 0) is 36.0 Å². The van der Waals surface area contributed by atoms with Gasteiger partial charge in [0.1, 0.15) is 0 Å². The quantitative estimate of drug-likeness (QED) is 0.658. The summed E-state index contributed by atoms with van der Waals surface area (Å²) in [6, 6.07) is 0. The Hall–Kier alpha value is -0.860. The second-order valence-corrected chi connectivity index (χ2v) is 6.81. The maximum atomic E-state index is 11.9. The predicted octanol–water partition coefficient (Wildman–Crippen LogP) is 2.50. The molecule has 3 unspecified atom stereocenters. The van der Waals surface area contributed by atoms with Crippen LogP contribution in [0.3, 0.4) is 0 Å². The van der Waals surface area contributed by atoms with Crippen molar-refractivity contribution in [3.05, 3.63) is 0 Å². The number of nitrogens with one attached hydrogen (secondary N) is 1. The van der Waals surface area contributed by atoms with Gasteiger partial charge in [-0.2, -0.15) is 0 Å². The van der Waals surface area contributed by atoms with E-state index in [1.807, 2.05) is 6.92 Å². The number of piperidine rings is 1. The highest BCUT2D eigenvalue weighted by molar-refractivity contribution is 5.99. The molecule has 3 nitrogen and oxygen atoms in total. The van der Waals surface area contributed by atoms with Crippen molar-refractivity contribution >= 4 is 11.8 Å². The van der Waals surface area contributed by atoms with E-state index in [-0.39, 0.29) is 23.1 Å². The van der Waals surface area contributed by atoms with Crippen LogP contribution < -0.4 is 5.32 Å². The molecule has 3 atom stereocenters. The molecule has 2 amide bonds. The lowest BCUT2D eigenvalue weighted by molar-refractivity contribution is -0.149. The molecule has 1 saturated heterocycles. The highest BCUT2D eigenvalue weighted by Gasteiger charge is 2.52. The summed E-state index contributed by atoms with van der Waals surface area (Å²) in [5.74, 6) is 0.245. The summed E-state index contributed by atoms with van der Waals surface area (Å²) in [6.07, 6.45) is 3.75. The largest absolute Gasteiger partial charge is 0.296 e. The van der Waals surface area contributed by atoms with Crippen LogP contribution in [0.2, 0.25) is 0 Å². The normalized spacial score (nSPS) is 41.4. The summed E-state index contributed by atoms with van der Waals surface area (Å²) >= 11 is 0. The highest BCUT2D eigenvalue weighted by atomic mass is 16.2. The van der Waals surface area contributed by atoms with Gasteiger partial charge in [-0.3, -0.25) is 14.9 Å². The number of rotatable bonds is 0. The van der Waals surface area contributed by atoms with Crippen molar-refractivity contribution in [3.63, 3.8) is 0 Å². The molecule has 0 aromatic heterocycles. The zero-order valence-corrected chi connectivity index (χ0v) is 11.3. The number of hydrogen-bond acceptors (Lipinski definition) is 2. The van der Waals surface area contributed by atoms with Crippen molar-refractivity contribution in [2.75, 3.05) is 0 Å². The molecule has 1 aliphatic heterocycles. The van der Waals surface area contributed by atoms with Crippen molar-refractivity contribution in [2.24, 2.45) is 22.7 Å². The molecule has 1 spiro atoms. The van der Waals surface area contributed by atoms with Gasteiger partial charge in [-0.25, -0.2) is 0 Å². The average Bonchev–Trinajstić information content (AvgIpc) is 2.19. The van der Waals surface area contributed by atoms with E-state index in [1.165, 1.54) is 0 Å². The molecule has 1 saturated carbocycles. The number of imide groups is 1. The summed E-state index contributed by atoms with van der Waals surface area (Å²) in [4.78, 5) is 23.5. The Morgan fingerprint density at radius 2 is 1.82 bits per heavy atom. The van der Waals surface area contributed by atoms with Gasteiger partial charge in [0.05, 0.1) is 0 Å². The van der Waals surface area contributed by atoms with Crippen molar-refractivity contribution < 1.29 is 9.59 Å². The summed E-state index contributed by atoms with van der Waals surface area (Å²) in [5, 5.41) is 2.46. The Bertz CT molecular complexity index is 361. The number of amides is 2. The van der Waals surface area contributed by atoms with Gasteiger partial charge >= 0.3 is 0 Å². The Labute approximate surface area is 103 Å². The van der Waals surface area contributed by atoms with E-state index in [9.17, 15) is 9.59 Å². The fourth-order valence-electron chi connectivity index (χ4n) is 3.86. The van der Waals surface area contributed by atoms with Crippen molar-refractivity contribution in [1.29, 1.82) is 0 Å². The van der Waals surface area contributed by atoms with E-state index in [2.05, 4.69) is 26.1 Å². The average molecular weight is 237 g/mol. The monoisotopic (exact) mass is 237 g/mol. The van der Waals surface area contributed by atoms with Crippen LogP contribution in [-0.2, 0) is 9.59 Å². The Kier molecular flexibility index (Phi) is 2.83. The first kappa shape index (κ1) is 12.6. The predicted molar refractivity (Wildman–Crippen MR) is 66.2 cm³/mol. The van der Waals surface area contributed by atoms with Crippen LogP contribution in [0, 0.1) is 22.7 Å². The second-order valence-electron chi connectivity index (χ2n) is 6.81. The van der Waals surface area contributed by atoms with Gasteiger partial charge in [-0.1, -0.05) is 27.7 Å². The van der Waals surface area contributed by atoms with Crippen LogP contribution in [0.25, 0.3) is 0 Å². The first-order chi connectivity index (χ1) is 7.77. The van der Waals surface area contributed by atoms with Crippen LogP contribution >= 0.6 is 0 Å². The van der Waals surface area contributed by atoms with E-state index in [1.54, 1.807) is 0 Å². The molecule has 2 aliphatic rings. The minimum absolute atomic E-state index is 0.0358. The third-order valence-electron chi connectivity index (χ3n) is 5.12. The third-order valence-corrected chi connectivity index (χ3v) is 5.12. The SMILES string of the molecule is CC1CC(C)(C)CCC12CC(=O)NC(=O)C2C. The molecule has 0 radical (unpaired) electrons. The summed E-state index contributed by atoms with van der Waals surface area (Å²) < 4.78 is 0. The zero-order valence-electron chi connectivity index (χ0n) is 11.3. The molecule has 0 aromatic carbocycles. The van der Waals surface area contributed by atoms with E-state index < -0.39 is 0 Å². The van der Waals surface area contributed by atoms with Crippen LogP contribution in [0.15, 0.2) is 0 Å². The third kappa shape index (κ3) is 2.00. The van der Waals surface area contributed by atoms with Crippen molar-refractivity contribution in [3.8, 4) is 0 Å². The molecule has 0 aromatic rings. The molecule has 1 heterocycles. The van der Waals surface area contributed by atoms with Crippen LogP contribution in [0.4, 0.5) is 0 Å². The molecule has 17 heavy (non-hydrogen) atoms. The second kappa shape index (κ2) is 3.82. The minimum atomic E-state index is -0.0884. The molecule has 0 bridgehead atoms. The molecule has 96 valence electrons. The van der Waals surface area contributed by atoms with E-state index >= 15 is 0 Å². The van der Waals surface area contributed by atoms with Crippen LogP contribution in [0.5, 0.6) is 0 Å². The van der Waals surface area contributed by atoms with E-state index in [0.717, 1.165) is 19.3 Å². The van der Waals surface area contributed by atoms with Gasteiger partial charge in [-0.15, -0.1) is 0 Å². The summed E-state index contributed by atoms with van der Waals surface area (Å²) in [6.45, 7) is 8.76. The Morgan fingerprint density at radius 1 is 1.18 bits per heavy atom. The summed E-state index contributed by atoms with van der Waals surface area (Å²) in [5.41, 5.74) is 0.260. The van der Waals surface area contributed by atoms with Crippen molar-refractivity contribution in [1.82, 2.24) is 5.32 Å². The van der Waals surface area contributed by atoms with Gasteiger partial charge in [0.25, 0.3) is 0 Å². The van der Waals surface area contributed by atoms with E-state index in [0.29, 0.717) is 17.8 Å². The Balaban J connectivity index is 2.29. The van der Waals surface area contributed by atoms with Crippen LogP contribution in [-0.4, -0.2) is 11.8 Å². The lowest BCUT2D eigenvalue weighted by atomic mass is 9.53. The molecule has 2 rings (SSSR count). The fraction of sp³-hybridized carbons (Fsp3) is 0.857. The fourth-order valence-corrected chi connectivity index (χ4v) is 3.86. The summed E-state index contributed by atoms with van der Waals surface area (Å²) in [7, 11) is 0. The zero-order chi connectivity index (χ0) is 12.8. The number of carbonyl (C=O) groups excluding carboxylic acids is 2. The molecule has 3 heteroatoms. The van der Waals surface area contributed by atoms with Gasteiger partial charge in [0.2, 0.25) is 11.8 Å². The Morgan fingerprint density at radius 3 is 2.41 bits per heavy atom. The van der Waals surface area contributed by atoms with Gasteiger partial charge < -0.3 is 0 Å². The smallest absolute Gasteiger partial charge is 0.229 e. The first-order valence-electron chi connectivity index (χ1n) is 6.60. The number of hydrogen-bond donors (Lipinski definition) is 1. The van der Waals surface area contributed by atoms with Gasteiger partial charge in [0.15, 0.2) is 0 Å². The standard InChI is InChI=1S/C14H23NO2/c1-9-7-13(3,4)5-6-14(9)8-11(16)15-12(17)10(14)2/h9-10H,5-8H2,1-4H3,(H,15,16,17). The lowest BCUT2D eigenvalue weighted by Gasteiger charge is -2.52. The molecule has 2 fully saturated rings. The molecule has 1 N–H and O–H groups in total. The van der Waals surface area contributed by atoms with Gasteiger partial charge in [0, 0.05) is 12.3 Å². The molecular formula is C14H23NO2. The number of carbonyl (C=O) groups is 2. The highest BCUT2D eigenvalue weighted by Crippen LogP contribution is 2.55. The maximum Gasteiger partial charge on any atom is 0.229 e. The van der Waals surface area contributed by atoms with E-state index in [4.69, 9.17) is 0 Å². The topological polar surface area (TPSA) is 46.2 Å². The van der Waals surface area contributed by atoms with Crippen LogP contribution in [0.1, 0.15) is 53.4 Å². The lowest BCUT2D eigenvalue weighted by Crippen LogP contribution is -2.55. The van der Waals surface area contributed by atoms with Crippen molar-refractivity contribution in [2.45, 2.75) is 53.4 Å². The molecular weight excluding hydrogens is 214 g/mol. The first-order valence-corrected chi connectivity index (χ1v) is 6.60. The molecule has 1 aliphatic carbocycles. The minimum Gasteiger partial charge on any atom is -0.296 e.